The van der Waals surface area contributed by atoms with E-state index in [2.05, 4.69) is 24.5 Å². The van der Waals surface area contributed by atoms with Crippen molar-refractivity contribution < 1.29 is 9.53 Å². The van der Waals surface area contributed by atoms with Gasteiger partial charge in [0, 0.05) is 23.9 Å². The molecule has 1 aromatic rings. The molecule has 94 valence electrons. The number of carbonyl (C=O) groups excluding carboxylic acids is 1. The lowest BCUT2D eigenvalue weighted by atomic mass is 10.2. The molecule has 1 heterocycles. The van der Waals surface area contributed by atoms with Crippen molar-refractivity contribution in [2.24, 2.45) is 5.73 Å². The first-order valence-corrected chi connectivity index (χ1v) is 6.16. The van der Waals surface area contributed by atoms with Gasteiger partial charge in [0.1, 0.15) is 0 Å². The second-order valence-electron chi connectivity index (χ2n) is 4.67. The molecule has 0 aliphatic heterocycles. The lowest BCUT2D eigenvalue weighted by molar-refractivity contribution is -0.141. The Hall–Kier alpha value is -1.29. The van der Waals surface area contributed by atoms with Crippen LogP contribution in [0.15, 0.2) is 6.07 Å². The molecule has 2 N–H and O–H groups in total. The van der Waals surface area contributed by atoms with Gasteiger partial charge in [-0.05, 0) is 38.3 Å². The molecular formula is C13H20N2O2. The minimum Gasteiger partial charge on any atom is -0.464 e. The van der Waals surface area contributed by atoms with E-state index in [1.54, 1.807) is 0 Å². The second-order valence-corrected chi connectivity index (χ2v) is 4.67. The molecule has 2 rings (SSSR count). The first kappa shape index (κ1) is 12.2. The number of nitrogens with zero attached hydrogens (tertiary/aromatic N) is 1. The summed E-state index contributed by atoms with van der Waals surface area (Å²) in [4.78, 5) is 10.9. The summed E-state index contributed by atoms with van der Waals surface area (Å²) >= 11 is 0. The molecule has 0 unspecified atom stereocenters. The van der Waals surface area contributed by atoms with Crippen molar-refractivity contribution in [2.45, 2.75) is 39.2 Å². The summed E-state index contributed by atoms with van der Waals surface area (Å²) in [5, 5.41) is 0. The Bertz CT molecular complexity index is 419. The van der Waals surface area contributed by atoms with Crippen molar-refractivity contribution in [3.63, 3.8) is 0 Å². The third kappa shape index (κ3) is 2.69. The SMILES string of the molecule is Cc1cc(CCOC(=O)CN)c(C)n1C1CC1. The fraction of sp³-hybridized carbons (Fsp3) is 0.615. The van der Waals surface area contributed by atoms with Gasteiger partial charge in [-0.15, -0.1) is 0 Å². The van der Waals surface area contributed by atoms with E-state index in [0.717, 1.165) is 6.42 Å². The molecule has 0 aromatic carbocycles. The Morgan fingerprint density at radius 2 is 2.24 bits per heavy atom. The summed E-state index contributed by atoms with van der Waals surface area (Å²) in [6.45, 7) is 4.66. The van der Waals surface area contributed by atoms with E-state index in [4.69, 9.17) is 10.5 Å². The average Bonchev–Trinajstić information content (AvgIpc) is 3.08. The third-order valence-corrected chi connectivity index (χ3v) is 3.30. The molecule has 0 atom stereocenters. The Kier molecular flexibility index (Phi) is 3.52. The Morgan fingerprint density at radius 3 is 2.82 bits per heavy atom. The average molecular weight is 236 g/mol. The van der Waals surface area contributed by atoms with Gasteiger partial charge in [0.25, 0.3) is 0 Å². The predicted molar refractivity (Wildman–Crippen MR) is 65.9 cm³/mol. The van der Waals surface area contributed by atoms with Gasteiger partial charge in [-0.25, -0.2) is 0 Å². The number of aryl methyl sites for hydroxylation is 1. The van der Waals surface area contributed by atoms with Crippen molar-refractivity contribution in [2.75, 3.05) is 13.2 Å². The largest absolute Gasteiger partial charge is 0.464 e. The standard InChI is InChI=1S/C13H20N2O2/c1-9-7-11(5-6-17-13(16)8-14)10(2)15(9)12-3-4-12/h7,12H,3-6,8,14H2,1-2H3. The van der Waals surface area contributed by atoms with Gasteiger partial charge in [-0.2, -0.15) is 0 Å². The van der Waals surface area contributed by atoms with E-state index < -0.39 is 0 Å². The molecule has 1 saturated carbocycles. The quantitative estimate of drug-likeness (QED) is 0.788. The van der Waals surface area contributed by atoms with Gasteiger partial charge in [-0.3, -0.25) is 4.79 Å². The van der Waals surface area contributed by atoms with Crippen LogP contribution in [-0.2, 0) is 16.0 Å². The number of hydrogen-bond donors (Lipinski definition) is 1. The van der Waals surface area contributed by atoms with E-state index in [1.807, 2.05) is 0 Å². The maximum atomic E-state index is 10.9. The molecule has 1 fully saturated rings. The van der Waals surface area contributed by atoms with Crippen LogP contribution in [0.1, 0.15) is 35.8 Å². The van der Waals surface area contributed by atoms with Crippen LogP contribution in [0.25, 0.3) is 0 Å². The minimum atomic E-state index is -0.332. The number of nitrogens with two attached hydrogens (primary N) is 1. The molecule has 0 bridgehead atoms. The topological polar surface area (TPSA) is 57.2 Å². The summed E-state index contributed by atoms with van der Waals surface area (Å²) in [6, 6.07) is 2.90. The molecule has 17 heavy (non-hydrogen) atoms. The number of esters is 1. The van der Waals surface area contributed by atoms with Crippen LogP contribution in [0.4, 0.5) is 0 Å². The molecular weight excluding hydrogens is 216 g/mol. The van der Waals surface area contributed by atoms with E-state index >= 15 is 0 Å². The van der Waals surface area contributed by atoms with Crippen molar-refractivity contribution in [3.8, 4) is 0 Å². The molecule has 4 heteroatoms. The monoisotopic (exact) mass is 236 g/mol. The first-order chi connectivity index (χ1) is 8.13. The highest BCUT2D eigenvalue weighted by Gasteiger charge is 2.26. The van der Waals surface area contributed by atoms with Crippen molar-refractivity contribution in [1.82, 2.24) is 4.57 Å². The first-order valence-electron chi connectivity index (χ1n) is 6.16. The maximum absolute atomic E-state index is 10.9. The van der Waals surface area contributed by atoms with Crippen molar-refractivity contribution >= 4 is 5.97 Å². The van der Waals surface area contributed by atoms with E-state index in [9.17, 15) is 4.79 Å². The van der Waals surface area contributed by atoms with E-state index in [1.165, 1.54) is 29.8 Å². The Balaban J connectivity index is 1.97. The highest BCUT2D eigenvalue weighted by Crippen LogP contribution is 2.38. The summed E-state index contributed by atoms with van der Waals surface area (Å²) in [5.74, 6) is -0.332. The molecule has 1 aliphatic carbocycles. The highest BCUT2D eigenvalue weighted by atomic mass is 16.5. The summed E-state index contributed by atoms with van der Waals surface area (Å²) in [6.07, 6.45) is 3.36. The maximum Gasteiger partial charge on any atom is 0.319 e. The van der Waals surface area contributed by atoms with Gasteiger partial charge in [-0.1, -0.05) is 0 Å². The summed E-state index contributed by atoms with van der Waals surface area (Å²) in [5.41, 5.74) is 9.08. The van der Waals surface area contributed by atoms with Crippen molar-refractivity contribution in [1.29, 1.82) is 0 Å². The molecule has 4 nitrogen and oxygen atoms in total. The number of hydrogen-bond acceptors (Lipinski definition) is 3. The van der Waals surface area contributed by atoms with Crippen LogP contribution in [0, 0.1) is 13.8 Å². The number of rotatable bonds is 5. The van der Waals surface area contributed by atoms with Crippen LogP contribution in [0.5, 0.6) is 0 Å². The van der Waals surface area contributed by atoms with Gasteiger partial charge in [0.05, 0.1) is 13.2 Å². The predicted octanol–water partition coefficient (Wildman–Crippen LogP) is 1.48. The zero-order chi connectivity index (χ0) is 12.4. The molecule has 0 amide bonds. The van der Waals surface area contributed by atoms with Gasteiger partial charge < -0.3 is 15.0 Å². The third-order valence-electron chi connectivity index (χ3n) is 3.30. The zero-order valence-corrected chi connectivity index (χ0v) is 10.5. The van der Waals surface area contributed by atoms with Crippen molar-refractivity contribution in [3.05, 3.63) is 23.0 Å². The minimum absolute atomic E-state index is 0.0406. The zero-order valence-electron chi connectivity index (χ0n) is 10.5. The number of ether oxygens (including phenoxy) is 1. The van der Waals surface area contributed by atoms with Crippen LogP contribution < -0.4 is 5.73 Å². The number of aromatic nitrogens is 1. The highest BCUT2D eigenvalue weighted by molar-refractivity contribution is 5.71. The summed E-state index contributed by atoms with van der Waals surface area (Å²) < 4.78 is 7.41. The van der Waals surface area contributed by atoms with Crippen LogP contribution in [0.2, 0.25) is 0 Å². The van der Waals surface area contributed by atoms with Gasteiger partial charge in [0.15, 0.2) is 0 Å². The molecule has 1 aromatic heterocycles. The Labute approximate surface area is 102 Å². The molecule has 0 spiro atoms. The Morgan fingerprint density at radius 1 is 1.53 bits per heavy atom. The summed E-state index contributed by atoms with van der Waals surface area (Å²) in [7, 11) is 0. The van der Waals surface area contributed by atoms with Crippen LogP contribution >= 0.6 is 0 Å². The lowest BCUT2D eigenvalue weighted by Crippen LogP contribution is -2.18. The van der Waals surface area contributed by atoms with Gasteiger partial charge in [0.2, 0.25) is 0 Å². The number of carbonyl (C=O) groups is 1. The van der Waals surface area contributed by atoms with Crippen LogP contribution in [-0.4, -0.2) is 23.7 Å². The van der Waals surface area contributed by atoms with E-state index in [-0.39, 0.29) is 12.5 Å². The molecule has 0 saturated heterocycles. The lowest BCUT2D eigenvalue weighted by Gasteiger charge is -2.08. The molecule has 1 aliphatic rings. The van der Waals surface area contributed by atoms with E-state index in [0.29, 0.717) is 12.6 Å². The smallest absolute Gasteiger partial charge is 0.319 e. The second kappa shape index (κ2) is 4.92. The fourth-order valence-electron chi connectivity index (χ4n) is 2.33. The van der Waals surface area contributed by atoms with Crippen LogP contribution in [0.3, 0.4) is 0 Å². The fourth-order valence-corrected chi connectivity index (χ4v) is 2.33. The van der Waals surface area contributed by atoms with Gasteiger partial charge >= 0.3 is 5.97 Å². The molecule has 0 radical (unpaired) electrons. The normalized spacial score (nSPS) is 15.0.